The number of hydrogen-bond acceptors (Lipinski definition) is 9. The number of nitrogens with zero attached hydrogens (tertiary/aromatic N) is 1. The zero-order valence-corrected chi connectivity index (χ0v) is 16.9. The van der Waals surface area contributed by atoms with Gasteiger partial charge in [-0.2, -0.15) is 0 Å². The second-order valence-corrected chi connectivity index (χ2v) is 8.49. The van der Waals surface area contributed by atoms with Gasteiger partial charge in [0.15, 0.2) is 11.4 Å². The van der Waals surface area contributed by atoms with Gasteiger partial charge in [-0.05, 0) is 50.6 Å². The van der Waals surface area contributed by atoms with Crippen molar-refractivity contribution in [2.24, 2.45) is 17.6 Å². The highest BCUT2D eigenvalue weighted by atomic mass is 16.3. The Morgan fingerprint density at radius 2 is 1.84 bits per heavy atom. The van der Waals surface area contributed by atoms with E-state index in [1.54, 1.807) is 14.1 Å². The third-order valence-corrected chi connectivity index (χ3v) is 6.64. The number of hydrogen-bond donors (Lipinski definition) is 6. The van der Waals surface area contributed by atoms with E-state index >= 15 is 0 Å². The van der Waals surface area contributed by atoms with E-state index in [-0.39, 0.29) is 29.7 Å². The SMILES string of the molecule is CN(C)[C@@H]1C(=O)C(C(N)=O)=C(O)[C@@]2(O)C(=O)C3=C(O)c4c(O)ccc(N)c4CC3CC12. The standard InChI is InChI=1S/C21H23N3O7/c1-24(2)15-9-6-7-5-8-10(22)3-4-11(25)13(8)16(26)12(7)18(28)21(9,31)19(29)14(17(15)27)20(23)30/h3-4,7,9,15,25-26,29,31H,5-6,22H2,1-2H3,(H2,23,30)/t7?,9?,15-,21-/m0/s1. The fourth-order valence-corrected chi connectivity index (χ4v) is 5.27. The number of benzene rings is 1. The van der Waals surface area contributed by atoms with Crippen molar-refractivity contribution < 1.29 is 34.8 Å². The van der Waals surface area contributed by atoms with Crippen LogP contribution in [0.15, 0.2) is 29.0 Å². The van der Waals surface area contributed by atoms with Gasteiger partial charge in [0.05, 0.1) is 11.6 Å². The summed E-state index contributed by atoms with van der Waals surface area (Å²) in [5, 5.41) is 43.3. The maximum atomic E-state index is 13.5. The monoisotopic (exact) mass is 429 g/mol. The van der Waals surface area contributed by atoms with Crippen LogP contribution in [0.4, 0.5) is 5.69 Å². The smallest absolute Gasteiger partial charge is 0.255 e. The third kappa shape index (κ3) is 2.55. The average molecular weight is 429 g/mol. The summed E-state index contributed by atoms with van der Waals surface area (Å²) >= 11 is 0. The van der Waals surface area contributed by atoms with E-state index < -0.39 is 58.0 Å². The number of carbonyl (C=O) groups is 3. The number of ketones is 2. The number of Topliss-reactive ketones (excluding diaryl/α,β-unsaturated/α-hetero) is 2. The van der Waals surface area contributed by atoms with Crippen LogP contribution in [0.1, 0.15) is 17.5 Å². The lowest BCUT2D eigenvalue weighted by atomic mass is 9.57. The summed E-state index contributed by atoms with van der Waals surface area (Å²) in [4.78, 5) is 39.8. The minimum absolute atomic E-state index is 0.0173. The van der Waals surface area contributed by atoms with Crippen LogP contribution < -0.4 is 11.5 Å². The van der Waals surface area contributed by atoms with Crippen LogP contribution in [-0.4, -0.2) is 68.5 Å². The summed E-state index contributed by atoms with van der Waals surface area (Å²) in [7, 11) is 3.09. The Balaban J connectivity index is 1.99. The Bertz CT molecular complexity index is 1120. The normalized spacial score (nSPS) is 30.3. The van der Waals surface area contributed by atoms with Crippen molar-refractivity contribution in [3.8, 4) is 5.75 Å². The Labute approximate surface area is 177 Å². The Hall–Kier alpha value is -3.37. The molecule has 1 fully saturated rings. The number of aliphatic hydroxyl groups excluding tert-OH is 2. The molecule has 164 valence electrons. The topological polar surface area (TPSA) is 187 Å². The van der Waals surface area contributed by atoms with E-state index in [0.717, 1.165) is 0 Å². The predicted molar refractivity (Wildman–Crippen MR) is 109 cm³/mol. The van der Waals surface area contributed by atoms with Gasteiger partial charge in [0.1, 0.15) is 22.8 Å². The molecule has 0 radical (unpaired) electrons. The van der Waals surface area contributed by atoms with Gasteiger partial charge in [-0.25, -0.2) is 0 Å². The Kier molecular flexibility index (Phi) is 4.42. The number of aliphatic hydroxyl groups is 3. The summed E-state index contributed by atoms with van der Waals surface area (Å²) in [6.07, 6.45) is 0.204. The number of phenols is 1. The number of aromatic hydroxyl groups is 1. The molecule has 4 rings (SSSR count). The van der Waals surface area contributed by atoms with E-state index in [2.05, 4.69) is 0 Å². The average Bonchev–Trinajstić information content (AvgIpc) is 2.67. The molecule has 0 heterocycles. The van der Waals surface area contributed by atoms with Gasteiger partial charge in [-0.15, -0.1) is 0 Å². The first kappa shape index (κ1) is 20.9. The number of nitrogens with two attached hydrogens (primary N) is 2. The molecule has 1 aromatic carbocycles. The maximum absolute atomic E-state index is 13.5. The molecule has 31 heavy (non-hydrogen) atoms. The molecule has 3 aliphatic carbocycles. The van der Waals surface area contributed by atoms with Crippen molar-refractivity contribution in [3.05, 3.63) is 40.2 Å². The zero-order valence-electron chi connectivity index (χ0n) is 16.9. The van der Waals surface area contributed by atoms with Crippen molar-refractivity contribution in [2.45, 2.75) is 24.5 Å². The van der Waals surface area contributed by atoms with Crippen LogP contribution in [0.3, 0.4) is 0 Å². The minimum atomic E-state index is -2.64. The summed E-state index contributed by atoms with van der Waals surface area (Å²) in [5.74, 6) is -6.80. The Morgan fingerprint density at radius 3 is 2.42 bits per heavy atom. The van der Waals surface area contributed by atoms with Gasteiger partial charge < -0.3 is 31.9 Å². The van der Waals surface area contributed by atoms with Crippen molar-refractivity contribution in [2.75, 3.05) is 19.8 Å². The first-order valence-electron chi connectivity index (χ1n) is 9.68. The number of anilines is 1. The molecule has 0 bridgehead atoms. The van der Waals surface area contributed by atoms with Crippen molar-refractivity contribution in [3.63, 3.8) is 0 Å². The number of phenolic OH excluding ortho intramolecular Hbond substituents is 1. The van der Waals surface area contributed by atoms with Gasteiger partial charge in [-0.1, -0.05) is 0 Å². The van der Waals surface area contributed by atoms with Crippen molar-refractivity contribution in [1.29, 1.82) is 0 Å². The zero-order chi connectivity index (χ0) is 23.0. The van der Waals surface area contributed by atoms with Crippen LogP contribution in [0.25, 0.3) is 5.76 Å². The summed E-state index contributed by atoms with van der Waals surface area (Å²) in [5.41, 5.74) is 8.35. The molecule has 0 spiro atoms. The Morgan fingerprint density at radius 1 is 1.19 bits per heavy atom. The fourth-order valence-electron chi connectivity index (χ4n) is 5.27. The molecule has 1 saturated carbocycles. The quantitative estimate of drug-likeness (QED) is 0.205. The number of amides is 1. The first-order chi connectivity index (χ1) is 14.4. The molecule has 2 unspecified atom stereocenters. The molecular formula is C21H23N3O7. The lowest BCUT2D eigenvalue weighted by molar-refractivity contribution is -0.153. The minimum Gasteiger partial charge on any atom is -0.508 e. The molecule has 0 saturated heterocycles. The van der Waals surface area contributed by atoms with E-state index in [1.807, 2.05) is 0 Å². The van der Waals surface area contributed by atoms with Crippen LogP contribution in [0.5, 0.6) is 5.75 Å². The fraction of sp³-hybridized carbons (Fsp3) is 0.381. The summed E-state index contributed by atoms with van der Waals surface area (Å²) in [6.45, 7) is 0. The summed E-state index contributed by atoms with van der Waals surface area (Å²) < 4.78 is 0. The lowest BCUT2D eigenvalue weighted by Crippen LogP contribution is -2.65. The molecule has 10 heteroatoms. The third-order valence-electron chi connectivity index (χ3n) is 6.64. The van der Waals surface area contributed by atoms with Gasteiger partial charge in [0, 0.05) is 17.2 Å². The van der Waals surface area contributed by atoms with Crippen LogP contribution >= 0.6 is 0 Å². The highest BCUT2D eigenvalue weighted by Crippen LogP contribution is 2.53. The van der Waals surface area contributed by atoms with Crippen LogP contribution in [-0.2, 0) is 20.8 Å². The van der Waals surface area contributed by atoms with E-state index in [1.165, 1.54) is 17.0 Å². The van der Waals surface area contributed by atoms with E-state index in [9.17, 15) is 34.8 Å². The largest absolute Gasteiger partial charge is 0.508 e. The number of primary amides is 1. The molecule has 4 atom stereocenters. The summed E-state index contributed by atoms with van der Waals surface area (Å²) in [6, 6.07) is 1.65. The number of nitrogen functional groups attached to an aromatic ring is 1. The maximum Gasteiger partial charge on any atom is 0.255 e. The first-order valence-corrected chi connectivity index (χ1v) is 9.68. The van der Waals surface area contributed by atoms with Gasteiger partial charge in [0.2, 0.25) is 5.78 Å². The van der Waals surface area contributed by atoms with E-state index in [0.29, 0.717) is 11.3 Å². The van der Waals surface area contributed by atoms with Crippen LogP contribution in [0, 0.1) is 11.8 Å². The highest BCUT2D eigenvalue weighted by molar-refractivity contribution is 6.24. The van der Waals surface area contributed by atoms with Crippen molar-refractivity contribution in [1.82, 2.24) is 4.90 Å². The highest BCUT2D eigenvalue weighted by Gasteiger charge is 2.64. The lowest BCUT2D eigenvalue weighted by Gasteiger charge is -2.50. The molecule has 0 aliphatic heterocycles. The van der Waals surface area contributed by atoms with Crippen LogP contribution in [0.2, 0.25) is 0 Å². The van der Waals surface area contributed by atoms with Gasteiger partial charge >= 0.3 is 0 Å². The number of rotatable bonds is 2. The number of fused-ring (bicyclic) bond motifs is 3. The molecule has 0 aromatic heterocycles. The number of carbonyl (C=O) groups excluding carboxylic acids is 3. The molecule has 1 amide bonds. The van der Waals surface area contributed by atoms with Crippen molar-refractivity contribution >= 4 is 28.9 Å². The number of likely N-dealkylation sites (N-methyl/N-ethyl adjacent to an activating group) is 1. The molecule has 1 aromatic rings. The van der Waals surface area contributed by atoms with Gasteiger partial charge in [-0.3, -0.25) is 19.3 Å². The molecular weight excluding hydrogens is 406 g/mol. The molecule has 8 N–H and O–H groups in total. The molecule has 10 nitrogen and oxygen atoms in total. The predicted octanol–water partition coefficient (Wildman–Crippen LogP) is -0.454. The molecule has 3 aliphatic rings. The second-order valence-electron chi connectivity index (χ2n) is 8.49. The van der Waals surface area contributed by atoms with E-state index in [4.69, 9.17) is 11.5 Å². The van der Waals surface area contributed by atoms with Gasteiger partial charge in [0.25, 0.3) is 5.91 Å². The second kappa shape index (κ2) is 6.56.